The molecule has 0 amide bonds. The van der Waals surface area contributed by atoms with E-state index in [4.69, 9.17) is 20.2 Å². The van der Waals surface area contributed by atoms with Gasteiger partial charge in [0.2, 0.25) is 0 Å². The predicted molar refractivity (Wildman–Crippen MR) is 103 cm³/mol. The van der Waals surface area contributed by atoms with E-state index in [2.05, 4.69) is 20.8 Å². The van der Waals surface area contributed by atoms with Crippen molar-refractivity contribution >= 4 is 11.9 Å². The maximum atomic E-state index is 10.3. The van der Waals surface area contributed by atoms with Crippen LogP contribution in [0, 0.1) is 0 Å². The van der Waals surface area contributed by atoms with Crippen molar-refractivity contribution in [2.24, 2.45) is 0 Å². The minimum atomic E-state index is -2.10. The van der Waals surface area contributed by atoms with Crippen LogP contribution in [0.4, 0.5) is 0 Å². The van der Waals surface area contributed by atoms with Crippen molar-refractivity contribution in [1.29, 1.82) is 0 Å². The molecular formula is C20H33O7Ti. The van der Waals surface area contributed by atoms with Crippen LogP contribution in [-0.2, 0) is 29.0 Å². The van der Waals surface area contributed by atoms with E-state index in [1.165, 1.54) is 24.3 Å². The SMILES string of the molecule is CCCC[O][Ti]([O]CCCC)[O]CCCC.O=C(O)c1ccc(C(=O)O)cc1. The number of carbonyl (C=O) groups is 2. The molecule has 0 atom stereocenters. The summed E-state index contributed by atoms with van der Waals surface area (Å²) in [5.74, 6) is -2.13. The van der Waals surface area contributed by atoms with Gasteiger partial charge in [-0.15, -0.1) is 0 Å². The molecule has 0 aliphatic rings. The molecule has 1 rings (SSSR count). The molecular weight excluding hydrogens is 400 g/mol. The van der Waals surface area contributed by atoms with Crippen molar-refractivity contribution in [2.45, 2.75) is 59.3 Å². The van der Waals surface area contributed by atoms with E-state index in [0.29, 0.717) is 0 Å². The monoisotopic (exact) mass is 433 g/mol. The third-order valence-corrected chi connectivity index (χ3v) is 5.59. The Bertz CT molecular complexity index is 477. The van der Waals surface area contributed by atoms with Crippen molar-refractivity contribution in [2.75, 3.05) is 19.8 Å². The Morgan fingerprint density at radius 1 is 0.714 bits per heavy atom. The number of hydrogen-bond acceptors (Lipinski definition) is 5. The van der Waals surface area contributed by atoms with E-state index in [9.17, 15) is 9.59 Å². The molecule has 2 N–H and O–H groups in total. The summed E-state index contributed by atoms with van der Waals surface area (Å²) in [6.07, 6.45) is 6.79. The quantitative estimate of drug-likeness (QED) is 0.318. The number of hydrogen-bond donors (Lipinski definition) is 2. The molecule has 0 bridgehead atoms. The van der Waals surface area contributed by atoms with Crippen LogP contribution in [0.3, 0.4) is 0 Å². The summed E-state index contributed by atoms with van der Waals surface area (Å²) in [6, 6.07) is 5.02. The summed E-state index contributed by atoms with van der Waals surface area (Å²) in [5.41, 5.74) is 0.167. The van der Waals surface area contributed by atoms with Gasteiger partial charge in [0.25, 0.3) is 0 Å². The maximum absolute atomic E-state index is 10.3. The standard InChI is InChI=1S/C8H6O4.3C4H9O.Ti/c9-7(10)5-1-2-6(4-3-5)8(11)12;3*1-2-3-4-5;/h1-4H,(H,9,10)(H,11,12);3*2-4H2,1H3;/q;3*-1;+3. The zero-order valence-electron chi connectivity index (χ0n) is 17.1. The Morgan fingerprint density at radius 2 is 1.00 bits per heavy atom. The second kappa shape index (κ2) is 17.8. The summed E-state index contributed by atoms with van der Waals surface area (Å²) < 4.78 is 17.1. The first-order valence-electron chi connectivity index (χ1n) is 9.78. The average molecular weight is 433 g/mol. The van der Waals surface area contributed by atoms with Crippen LogP contribution in [0.25, 0.3) is 0 Å². The maximum Gasteiger partial charge on any atom is 0.335 e. The smallest absolute Gasteiger partial charge is 0.335 e. The van der Waals surface area contributed by atoms with Gasteiger partial charge < -0.3 is 10.2 Å². The zero-order valence-corrected chi connectivity index (χ0v) is 18.7. The van der Waals surface area contributed by atoms with Crippen molar-refractivity contribution in [3.05, 3.63) is 35.4 Å². The Morgan fingerprint density at radius 3 is 1.21 bits per heavy atom. The fraction of sp³-hybridized carbons (Fsp3) is 0.600. The van der Waals surface area contributed by atoms with Gasteiger partial charge in [-0.3, -0.25) is 0 Å². The number of unbranched alkanes of at least 4 members (excludes halogenated alkanes) is 3. The van der Waals surface area contributed by atoms with Crippen molar-refractivity contribution in [3.8, 4) is 0 Å². The largest absolute Gasteiger partial charge is 0.478 e. The molecule has 0 aliphatic heterocycles. The van der Waals surface area contributed by atoms with Gasteiger partial charge in [0, 0.05) is 0 Å². The molecule has 0 saturated heterocycles. The van der Waals surface area contributed by atoms with Gasteiger partial charge in [0.1, 0.15) is 0 Å². The summed E-state index contributed by atoms with van der Waals surface area (Å²) in [6.45, 7) is 8.88. The minimum absolute atomic E-state index is 0.0833. The van der Waals surface area contributed by atoms with Gasteiger partial charge in [-0.05, 0) is 24.3 Å². The van der Waals surface area contributed by atoms with Gasteiger partial charge in [-0.2, -0.15) is 0 Å². The first-order chi connectivity index (χ1) is 13.5. The topological polar surface area (TPSA) is 102 Å². The van der Waals surface area contributed by atoms with Crippen LogP contribution in [0.5, 0.6) is 0 Å². The number of benzene rings is 1. The van der Waals surface area contributed by atoms with Gasteiger partial charge in [0.05, 0.1) is 11.1 Å². The molecule has 0 aromatic heterocycles. The van der Waals surface area contributed by atoms with E-state index >= 15 is 0 Å². The Kier molecular flexibility index (Phi) is 17.0. The minimum Gasteiger partial charge on any atom is -0.478 e. The molecule has 0 saturated carbocycles. The van der Waals surface area contributed by atoms with Crippen LogP contribution >= 0.6 is 0 Å². The fourth-order valence-corrected chi connectivity index (χ4v) is 3.63. The van der Waals surface area contributed by atoms with Crippen LogP contribution in [0.2, 0.25) is 0 Å². The van der Waals surface area contributed by atoms with Gasteiger partial charge in [0.15, 0.2) is 0 Å². The summed E-state index contributed by atoms with van der Waals surface area (Å²) in [4.78, 5) is 20.7. The van der Waals surface area contributed by atoms with E-state index < -0.39 is 31.0 Å². The Labute approximate surface area is 175 Å². The van der Waals surface area contributed by atoms with E-state index in [-0.39, 0.29) is 11.1 Å². The molecule has 159 valence electrons. The van der Waals surface area contributed by atoms with Crippen LogP contribution in [-0.4, -0.2) is 42.0 Å². The Hall–Kier alpha value is -1.25. The van der Waals surface area contributed by atoms with Crippen LogP contribution < -0.4 is 0 Å². The molecule has 0 unspecified atom stereocenters. The second-order valence-electron chi connectivity index (χ2n) is 6.04. The van der Waals surface area contributed by atoms with Gasteiger partial charge in [-0.1, -0.05) is 0 Å². The molecule has 1 aromatic rings. The van der Waals surface area contributed by atoms with Gasteiger partial charge >= 0.3 is 120 Å². The van der Waals surface area contributed by atoms with Crippen molar-refractivity contribution < 1.29 is 48.8 Å². The normalized spacial score (nSPS) is 10.1. The molecule has 7 nitrogen and oxygen atoms in total. The van der Waals surface area contributed by atoms with Gasteiger partial charge in [-0.25, -0.2) is 9.59 Å². The predicted octanol–water partition coefficient (Wildman–Crippen LogP) is 4.88. The Balaban J connectivity index is 0.000000540. The molecule has 0 aliphatic carbocycles. The molecule has 0 spiro atoms. The molecule has 8 heteroatoms. The summed E-state index contributed by atoms with van der Waals surface area (Å²) >= 11 is -2.10. The molecule has 0 heterocycles. The van der Waals surface area contributed by atoms with Crippen molar-refractivity contribution in [3.63, 3.8) is 0 Å². The number of carboxylic acids is 2. The van der Waals surface area contributed by atoms with Crippen LogP contribution in [0.1, 0.15) is 80.0 Å². The molecule has 1 aromatic carbocycles. The average Bonchev–Trinajstić information content (AvgIpc) is 2.68. The van der Waals surface area contributed by atoms with E-state index in [1.54, 1.807) is 0 Å². The molecule has 0 fully saturated rings. The number of rotatable bonds is 14. The first kappa shape index (κ1) is 26.8. The van der Waals surface area contributed by atoms with E-state index in [0.717, 1.165) is 58.3 Å². The third kappa shape index (κ3) is 13.9. The second-order valence-corrected chi connectivity index (χ2v) is 8.18. The summed E-state index contributed by atoms with van der Waals surface area (Å²) in [7, 11) is 0. The third-order valence-electron chi connectivity index (χ3n) is 3.53. The number of aromatic carboxylic acids is 2. The molecule has 28 heavy (non-hydrogen) atoms. The van der Waals surface area contributed by atoms with Crippen molar-refractivity contribution in [1.82, 2.24) is 0 Å². The fourth-order valence-electron chi connectivity index (χ4n) is 1.78. The first-order valence-corrected chi connectivity index (χ1v) is 11.7. The van der Waals surface area contributed by atoms with Crippen LogP contribution in [0.15, 0.2) is 24.3 Å². The number of carboxylic acid groups (broad SMARTS) is 2. The van der Waals surface area contributed by atoms with E-state index in [1.807, 2.05) is 0 Å². The molecule has 0 radical (unpaired) electrons. The summed E-state index contributed by atoms with van der Waals surface area (Å²) in [5, 5.41) is 16.9. The zero-order chi connectivity index (χ0) is 21.2.